The molecule has 4 heteroatoms. The molecule has 0 spiro atoms. The highest BCUT2D eigenvalue weighted by Crippen LogP contribution is 2.31. The van der Waals surface area contributed by atoms with Crippen molar-refractivity contribution in [1.82, 2.24) is 0 Å². The minimum atomic E-state index is -0.935. The van der Waals surface area contributed by atoms with Gasteiger partial charge in [0, 0.05) is 16.1 Å². The lowest BCUT2D eigenvalue weighted by Crippen LogP contribution is -1.96. The molecule has 0 amide bonds. The Kier molecular flexibility index (Phi) is 5.22. The van der Waals surface area contributed by atoms with Crippen LogP contribution in [0.3, 0.4) is 0 Å². The molecule has 0 saturated heterocycles. The minimum absolute atomic E-state index is 0.689. The van der Waals surface area contributed by atoms with Gasteiger partial charge >= 0.3 is 5.97 Å². The summed E-state index contributed by atoms with van der Waals surface area (Å²) in [6, 6.07) is 5.57. The highest BCUT2D eigenvalue weighted by Gasteiger charge is 2.10. The number of halogens is 1. The normalized spacial score (nSPS) is 11.4. The third-order valence-electron chi connectivity index (χ3n) is 2.32. The largest absolute Gasteiger partial charge is 0.496 e. The Labute approximate surface area is 109 Å². The predicted octanol–water partition coefficient (Wildman–Crippen LogP) is 3.73. The fourth-order valence-electron chi connectivity index (χ4n) is 1.63. The van der Waals surface area contributed by atoms with Crippen LogP contribution in [0.25, 0.3) is 5.57 Å². The number of methoxy groups -OCH3 is 1. The Morgan fingerprint density at radius 2 is 2.24 bits per heavy atom. The van der Waals surface area contributed by atoms with Crippen molar-refractivity contribution in [2.24, 2.45) is 0 Å². The van der Waals surface area contributed by atoms with Crippen LogP contribution in [0.15, 0.2) is 28.7 Å². The first-order valence-electron chi connectivity index (χ1n) is 5.36. The van der Waals surface area contributed by atoms with E-state index in [0.717, 1.165) is 22.0 Å². The SMILES string of the molecule is CCC/C(=C\C(=O)O)c1cc(Br)ccc1OC. The van der Waals surface area contributed by atoms with Gasteiger partial charge in [0.25, 0.3) is 0 Å². The van der Waals surface area contributed by atoms with Gasteiger partial charge in [-0.3, -0.25) is 0 Å². The Bertz CT molecular complexity index is 438. The predicted molar refractivity (Wildman–Crippen MR) is 71.2 cm³/mol. The molecule has 0 bridgehead atoms. The maximum absolute atomic E-state index is 10.8. The van der Waals surface area contributed by atoms with Crippen LogP contribution in [-0.2, 0) is 4.79 Å². The maximum atomic E-state index is 10.8. The molecule has 0 atom stereocenters. The van der Waals surface area contributed by atoms with Gasteiger partial charge in [-0.05, 0) is 30.2 Å². The molecule has 0 unspecified atom stereocenters. The molecule has 92 valence electrons. The van der Waals surface area contributed by atoms with Gasteiger partial charge in [0.2, 0.25) is 0 Å². The number of ether oxygens (including phenoxy) is 1. The van der Waals surface area contributed by atoms with E-state index in [0.29, 0.717) is 12.2 Å². The third kappa shape index (κ3) is 3.89. The molecule has 17 heavy (non-hydrogen) atoms. The summed E-state index contributed by atoms with van der Waals surface area (Å²) in [6.07, 6.45) is 2.84. The summed E-state index contributed by atoms with van der Waals surface area (Å²) < 4.78 is 6.16. The number of carboxylic acids is 1. The van der Waals surface area contributed by atoms with Crippen LogP contribution in [0.4, 0.5) is 0 Å². The van der Waals surface area contributed by atoms with Crippen molar-refractivity contribution in [1.29, 1.82) is 0 Å². The Balaban J connectivity index is 3.25. The average Bonchev–Trinajstić information content (AvgIpc) is 2.28. The van der Waals surface area contributed by atoms with E-state index in [1.165, 1.54) is 6.08 Å². The van der Waals surface area contributed by atoms with Gasteiger partial charge in [-0.25, -0.2) is 4.79 Å². The molecule has 1 N–H and O–H groups in total. The van der Waals surface area contributed by atoms with Gasteiger partial charge in [-0.15, -0.1) is 0 Å². The molecule has 0 aliphatic heterocycles. The van der Waals surface area contributed by atoms with E-state index >= 15 is 0 Å². The summed E-state index contributed by atoms with van der Waals surface area (Å²) >= 11 is 3.38. The molecule has 0 aromatic heterocycles. The minimum Gasteiger partial charge on any atom is -0.496 e. The lowest BCUT2D eigenvalue weighted by Gasteiger charge is -2.11. The fraction of sp³-hybridized carbons (Fsp3) is 0.308. The number of benzene rings is 1. The van der Waals surface area contributed by atoms with Crippen LogP contribution in [0, 0.1) is 0 Å². The number of aliphatic carboxylic acids is 1. The van der Waals surface area contributed by atoms with E-state index in [4.69, 9.17) is 9.84 Å². The van der Waals surface area contributed by atoms with Gasteiger partial charge in [-0.2, -0.15) is 0 Å². The zero-order chi connectivity index (χ0) is 12.8. The van der Waals surface area contributed by atoms with E-state index < -0.39 is 5.97 Å². The van der Waals surface area contributed by atoms with Gasteiger partial charge < -0.3 is 9.84 Å². The molecule has 3 nitrogen and oxygen atoms in total. The molecule has 0 radical (unpaired) electrons. The van der Waals surface area contributed by atoms with Crippen LogP contribution in [0.1, 0.15) is 25.3 Å². The number of rotatable bonds is 5. The van der Waals surface area contributed by atoms with Gasteiger partial charge in [0.15, 0.2) is 0 Å². The van der Waals surface area contributed by atoms with E-state index in [9.17, 15) is 4.79 Å². The van der Waals surface area contributed by atoms with Crippen LogP contribution in [0.5, 0.6) is 5.75 Å². The second-order valence-electron chi connectivity index (χ2n) is 3.60. The first-order valence-corrected chi connectivity index (χ1v) is 6.15. The Hall–Kier alpha value is -1.29. The Morgan fingerprint density at radius 3 is 2.76 bits per heavy atom. The van der Waals surface area contributed by atoms with Crippen molar-refractivity contribution in [2.45, 2.75) is 19.8 Å². The fourth-order valence-corrected chi connectivity index (χ4v) is 2.00. The van der Waals surface area contributed by atoms with Crippen molar-refractivity contribution in [3.63, 3.8) is 0 Å². The summed E-state index contributed by atoms with van der Waals surface area (Å²) in [5, 5.41) is 8.88. The lowest BCUT2D eigenvalue weighted by molar-refractivity contribution is -0.131. The first kappa shape index (κ1) is 13.8. The molecule has 1 rings (SSSR count). The molecular formula is C13H15BrO3. The molecule has 0 saturated carbocycles. The summed E-state index contributed by atoms with van der Waals surface area (Å²) in [4.78, 5) is 10.8. The third-order valence-corrected chi connectivity index (χ3v) is 2.82. The molecule has 1 aromatic carbocycles. The average molecular weight is 299 g/mol. The zero-order valence-corrected chi connectivity index (χ0v) is 11.5. The monoisotopic (exact) mass is 298 g/mol. The Morgan fingerprint density at radius 1 is 1.53 bits per heavy atom. The maximum Gasteiger partial charge on any atom is 0.328 e. The van der Waals surface area contributed by atoms with Gasteiger partial charge in [0.05, 0.1) is 7.11 Å². The molecule has 0 aliphatic carbocycles. The number of allylic oxidation sites excluding steroid dienone is 1. The molecule has 0 heterocycles. The highest BCUT2D eigenvalue weighted by atomic mass is 79.9. The van der Waals surface area contributed by atoms with E-state index in [1.54, 1.807) is 7.11 Å². The summed E-state index contributed by atoms with van der Waals surface area (Å²) in [5.74, 6) is -0.246. The summed E-state index contributed by atoms with van der Waals surface area (Å²) in [6.45, 7) is 2.01. The van der Waals surface area contributed by atoms with Crippen molar-refractivity contribution in [2.75, 3.05) is 7.11 Å². The zero-order valence-electron chi connectivity index (χ0n) is 9.87. The van der Waals surface area contributed by atoms with E-state index in [1.807, 2.05) is 25.1 Å². The van der Waals surface area contributed by atoms with Crippen LogP contribution < -0.4 is 4.74 Å². The molecular weight excluding hydrogens is 284 g/mol. The van der Waals surface area contributed by atoms with E-state index in [2.05, 4.69) is 15.9 Å². The van der Waals surface area contributed by atoms with Gasteiger partial charge in [0.1, 0.15) is 5.75 Å². The highest BCUT2D eigenvalue weighted by molar-refractivity contribution is 9.10. The molecule has 0 fully saturated rings. The lowest BCUT2D eigenvalue weighted by atomic mass is 10.00. The summed E-state index contributed by atoms with van der Waals surface area (Å²) in [7, 11) is 1.58. The van der Waals surface area contributed by atoms with Crippen molar-refractivity contribution >= 4 is 27.5 Å². The topological polar surface area (TPSA) is 46.5 Å². The standard InChI is InChI=1S/C13H15BrO3/c1-3-4-9(7-13(15)16)11-8-10(14)5-6-12(11)17-2/h5-8H,3-4H2,1-2H3,(H,15,16)/b9-7+. The van der Waals surface area contributed by atoms with Gasteiger partial charge in [-0.1, -0.05) is 29.3 Å². The molecule has 0 aliphatic rings. The number of hydrogen-bond donors (Lipinski definition) is 1. The first-order chi connectivity index (χ1) is 8.08. The van der Waals surface area contributed by atoms with E-state index in [-0.39, 0.29) is 0 Å². The van der Waals surface area contributed by atoms with Crippen molar-refractivity contribution in [3.05, 3.63) is 34.3 Å². The van der Waals surface area contributed by atoms with Crippen LogP contribution in [-0.4, -0.2) is 18.2 Å². The quantitative estimate of drug-likeness (QED) is 0.843. The second-order valence-corrected chi connectivity index (χ2v) is 4.52. The van der Waals surface area contributed by atoms with Crippen LogP contribution >= 0.6 is 15.9 Å². The number of hydrogen-bond acceptors (Lipinski definition) is 2. The van der Waals surface area contributed by atoms with Crippen LogP contribution in [0.2, 0.25) is 0 Å². The number of carbonyl (C=O) groups is 1. The number of carboxylic acid groups (broad SMARTS) is 1. The summed E-state index contributed by atoms with van der Waals surface area (Å²) in [5.41, 5.74) is 1.60. The smallest absolute Gasteiger partial charge is 0.328 e. The molecule has 1 aromatic rings. The second kappa shape index (κ2) is 6.45. The van der Waals surface area contributed by atoms with Crippen molar-refractivity contribution in [3.8, 4) is 5.75 Å². The van der Waals surface area contributed by atoms with Crippen molar-refractivity contribution < 1.29 is 14.6 Å².